The number of hydrogen-bond donors (Lipinski definition) is 0. The molecule has 1 aliphatic heterocycles. The Morgan fingerprint density at radius 1 is 1.38 bits per heavy atom. The summed E-state index contributed by atoms with van der Waals surface area (Å²) in [6.07, 6.45) is -3.01. The number of sulfone groups is 1. The number of pyridine rings is 1. The lowest BCUT2D eigenvalue weighted by Gasteiger charge is -2.39. The molecule has 1 aromatic heterocycles. The van der Waals surface area contributed by atoms with E-state index in [1.807, 2.05) is 0 Å². The van der Waals surface area contributed by atoms with Crippen molar-refractivity contribution in [1.29, 1.82) is 0 Å². The van der Waals surface area contributed by atoms with Crippen LogP contribution in [0, 0.1) is 5.92 Å². The summed E-state index contributed by atoms with van der Waals surface area (Å²) in [4.78, 5) is 16.9. The summed E-state index contributed by atoms with van der Waals surface area (Å²) in [7, 11) is -3.45. The Hall–Kier alpha value is -1.64. The van der Waals surface area contributed by atoms with Crippen molar-refractivity contribution < 1.29 is 26.4 Å². The fraction of sp³-hybridized carbons (Fsp3) is 0.500. The van der Waals surface area contributed by atoms with Crippen molar-refractivity contribution in [2.24, 2.45) is 5.92 Å². The van der Waals surface area contributed by atoms with Crippen molar-refractivity contribution in [3.05, 3.63) is 23.9 Å². The highest BCUT2D eigenvalue weighted by Gasteiger charge is 2.39. The van der Waals surface area contributed by atoms with Gasteiger partial charge in [0.15, 0.2) is 14.9 Å². The van der Waals surface area contributed by atoms with Crippen molar-refractivity contribution in [3.63, 3.8) is 0 Å². The lowest BCUT2D eigenvalue weighted by molar-refractivity contribution is -0.153. The van der Waals surface area contributed by atoms with Gasteiger partial charge >= 0.3 is 6.18 Å². The van der Waals surface area contributed by atoms with Crippen molar-refractivity contribution in [3.8, 4) is 0 Å². The Balaban J connectivity index is 1.97. The Kier molecular flexibility index (Phi) is 3.96. The number of rotatable bonds is 3. The molecule has 1 aliphatic rings. The first kappa shape index (κ1) is 15.7. The van der Waals surface area contributed by atoms with Crippen LogP contribution in [0.2, 0.25) is 0 Å². The Labute approximate surface area is 119 Å². The van der Waals surface area contributed by atoms with E-state index in [4.69, 9.17) is 0 Å². The third kappa shape index (κ3) is 3.93. The first-order chi connectivity index (χ1) is 9.56. The Bertz CT molecular complexity index is 635. The number of halogens is 3. The van der Waals surface area contributed by atoms with Crippen LogP contribution in [0.25, 0.3) is 0 Å². The van der Waals surface area contributed by atoms with E-state index >= 15 is 0 Å². The molecule has 1 fully saturated rings. The number of aromatic nitrogens is 1. The van der Waals surface area contributed by atoms with E-state index in [9.17, 15) is 26.4 Å². The molecule has 2 heterocycles. The SMILES string of the molecule is CS(=O)(=O)c1ccc(C(=O)N2CC(CC(F)(F)F)C2)cn1. The summed E-state index contributed by atoms with van der Waals surface area (Å²) in [6.45, 7) is 0.0956. The molecule has 21 heavy (non-hydrogen) atoms. The molecule has 5 nitrogen and oxygen atoms in total. The Morgan fingerprint density at radius 2 is 2.00 bits per heavy atom. The molecular formula is C12H13F3N2O3S. The molecule has 0 saturated carbocycles. The second-order valence-corrected chi connectivity index (χ2v) is 7.02. The van der Waals surface area contributed by atoms with Gasteiger partial charge in [-0.2, -0.15) is 13.2 Å². The molecule has 1 amide bonds. The van der Waals surface area contributed by atoms with E-state index in [2.05, 4.69) is 4.98 Å². The predicted molar refractivity (Wildman–Crippen MR) is 67.4 cm³/mol. The molecule has 1 aromatic rings. The van der Waals surface area contributed by atoms with Crippen molar-refractivity contribution in [1.82, 2.24) is 9.88 Å². The first-order valence-electron chi connectivity index (χ1n) is 6.08. The fourth-order valence-electron chi connectivity index (χ4n) is 2.10. The van der Waals surface area contributed by atoms with Crippen molar-refractivity contribution in [2.45, 2.75) is 17.6 Å². The molecule has 9 heteroatoms. The minimum Gasteiger partial charge on any atom is -0.338 e. The quantitative estimate of drug-likeness (QED) is 0.846. The van der Waals surface area contributed by atoms with Crippen LogP contribution in [0.5, 0.6) is 0 Å². The second kappa shape index (κ2) is 5.28. The monoisotopic (exact) mass is 322 g/mol. The third-order valence-electron chi connectivity index (χ3n) is 3.13. The van der Waals surface area contributed by atoms with E-state index in [0.29, 0.717) is 0 Å². The van der Waals surface area contributed by atoms with Crippen LogP contribution >= 0.6 is 0 Å². The van der Waals surface area contributed by atoms with Crippen molar-refractivity contribution >= 4 is 15.7 Å². The van der Waals surface area contributed by atoms with Gasteiger partial charge in [0.2, 0.25) is 0 Å². The maximum atomic E-state index is 12.2. The summed E-state index contributed by atoms with van der Waals surface area (Å²) < 4.78 is 58.9. The molecule has 0 atom stereocenters. The number of amides is 1. The fourth-order valence-corrected chi connectivity index (χ4v) is 2.66. The number of alkyl halides is 3. The maximum Gasteiger partial charge on any atom is 0.389 e. The van der Waals surface area contributed by atoms with E-state index in [-0.39, 0.29) is 23.7 Å². The molecular weight excluding hydrogens is 309 g/mol. The average molecular weight is 322 g/mol. The van der Waals surface area contributed by atoms with Crippen LogP contribution in [0.15, 0.2) is 23.4 Å². The zero-order chi connectivity index (χ0) is 15.8. The van der Waals surface area contributed by atoms with E-state index in [0.717, 1.165) is 12.5 Å². The molecule has 2 rings (SSSR count). The van der Waals surface area contributed by atoms with Crippen LogP contribution in [-0.2, 0) is 9.84 Å². The van der Waals surface area contributed by atoms with Gasteiger partial charge in [0, 0.05) is 37.9 Å². The molecule has 0 spiro atoms. The number of carbonyl (C=O) groups is 1. The van der Waals surface area contributed by atoms with Gasteiger partial charge in [-0.1, -0.05) is 0 Å². The zero-order valence-electron chi connectivity index (χ0n) is 11.1. The highest BCUT2D eigenvalue weighted by Crippen LogP contribution is 2.30. The van der Waals surface area contributed by atoms with E-state index < -0.39 is 34.3 Å². The largest absolute Gasteiger partial charge is 0.389 e. The normalized spacial score (nSPS) is 16.7. The lowest BCUT2D eigenvalue weighted by Crippen LogP contribution is -2.51. The van der Waals surface area contributed by atoms with Gasteiger partial charge in [0.25, 0.3) is 5.91 Å². The molecule has 0 radical (unpaired) electrons. The number of nitrogens with zero attached hydrogens (tertiary/aromatic N) is 2. The van der Waals surface area contributed by atoms with Gasteiger partial charge in [-0.3, -0.25) is 4.79 Å². The first-order valence-corrected chi connectivity index (χ1v) is 7.97. The summed E-state index contributed by atoms with van der Waals surface area (Å²) in [5.74, 6) is -1.02. The summed E-state index contributed by atoms with van der Waals surface area (Å²) in [6, 6.07) is 2.51. The minimum absolute atomic E-state index is 0.0478. The second-order valence-electron chi connectivity index (χ2n) is 5.05. The average Bonchev–Trinajstić information content (AvgIpc) is 2.30. The molecule has 0 bridgehead atoms. The van der Waals surface area contributed by atoms with Gasteiger partial charge in [0.1, 0.15) is 0 Å². The molecule has 0 aliphatic carbocycles. The van der Waals surface area contributed by atoms with Gasteiger partial charge in [-0.05, 0) is 12.1 Å². The van der Waals surface area contributed by atoms with Crippen LogP contribution in [-0.4, -0.2) is 49.7 Å². The smallest absolute Gasteiger partial charge is 0.338 e. The van der Waals surface area contributed by atoms with Crippen LogP contribution < -0.4 is 0 Å². The van der Waals surface area contributed by atoms with Crippen LogP contribution in [0.4, 0.5) is 13.2 Å². The van der Waals surface area contributed by atoms with Crippen LogP contribution in [0.3, 0.4) is 0 Å². The molecule has 0 unspecified atom stereocenters. The molecule has 0 N–H and O–H groups in total. The zero-order valence-corrected chi connectivity index (χ0v) is 11.9. The van der Waals surface area contributed by atoms with E-state index in [1.165, 1.54) is 17.0 Å². The van der Waals surface area contributed by atoms with Gasteiger partial charge in [-0.25, -0.2) is 13.4 Å². The molecule has 116 valence electrons. The predicted octanol–water partition coefficient (Wildman–Crippen LogP) is 1.51. The lowest BCUT2D eigenvalue weighted by atomic mass is 9.95. The highest BCUT2D eigenvalue weighted by molar-refractivity contribution is 7.90. The third-order valence-corrected chi connectivity index (χ3v) is 4.13. The van der Waals surface area contributed by atoms with Gasteiger partial charge in [-0.15, -0.1) is 0 Å². The van der Waals surface area contributed by atoms with Crippen molar-refractivity contribution in [2.75, 3.05) is 19.3 Å². The highest BCUT2D eigenvalue weighted by atomic mass is 32.2. The summed E-state index contributed by atoms with van der Waals surface area (Å²) in [5, 5.41) is -0.155. The van der Waals surface area contributed by atoms with Gasteiger partial charge in [0.05, 0.1) is 5.56 Å². The number of hydrogen-bond acceptors (Lipinski definition) is 4. The summed E-state index contributed by atoms with van der Waals surface area (Å²) >= 11 is 0. The minimum atomic E-state index is -4.22. The molecule has 0 aromatic carbocycles. The van der Waals surface area contributed by atoms with Gasteiger partial charge < -0.3 is 4.90 Å². The van der Waals surface area contributed by atoms with Crippen LogP contribution in [0.1, 0.15) is 16.8 Å². The van der Waals surface area contributed by atoms with E-state index in [1.54, 1.807) is 0 Å². The Morgan fingerprint density at radius 3 is 2.43 bits per heavy atom. The number of likely N-dealkylation sites (tertiary alicyclic amines) is 1. The molecule has 1 saturated heterocycles. The topological polar surface area (TPSA) is 67.3 Å². The summed E-state index contributed by atoms with van der Waals surface area (Å²) in [5.41, 5.74) is 0.160. The standard InChI is InChI=1S/C12H13F3N2O3S/c1-21(19,20)10-3-2-9(5-16-10)11(18)17-6-8(7-17)4-12(13,14)15/h2-3,5,8H,4,6-7H2,1H3. The number of carbonyl (C=O) groups excluding carboxylic acids is 1. The maximum absolute atomic E-state index is 12.2.